The molecular weight excluding hydrogens is 384 g/mol. The van der Waals surface area contributed by atoms with Crippen molar-refractivity contribution in [3.63, 3.8) is 0 Å². The summed E-state index contributed by atoms with van der Waals surface area (Å²) in [6, 6.07) is 10.9. The van der Waals surface area contributed by atoms with Gasteiger partial charge in [-0.3, -0.25) is 24.6 Å². The molecule has 8 nitrogen and oxygen atoms in total. The number of non-ortho nitro benzene ring substituents is 1. The van der Waals surface area contributed by atoms with Crippen LogP contribution in [0.5, 0.6) is 11.5 Å². The summed E-state index contributed by atoms with van der Waals surface area (Å²) in [7, 11) is 3.04. The van der Waals surface area contributed by atoms with Crippen molar-refractivity contribution in [2.24, 2.45) is 0 Å². The van der Waals surface area contributed by atoms with Crippen molar-refractivity contribution in [3.05, 3.63) is 68.6 Å². The lowest BCUT2D eigenvalue weighted by Crippen LogP contribution is -2.27. The van der Waals surface area contributed by atoms with Crippen molar-refractivity contribution in [1.82, 2.24) is 4.90 Å². The van der Waals surface area contributed by atoms with Crippen molar-refractivity contribution in [3.8, 4) is 11.5 Å². The second kappa shape index (κ2) is 8.13. The molecule has 0 N–H and O–H groups in total. The van der Waals surface area contributed by atoms with Gasteiger partial charge in [0.1, 0.15) is 11.5 Å². The summed E-state index contributed by atoms with van der Waals surface area (Å²) in [6.45, 7) is 0.0370. The van der Waals surface area contributed by atoms with Gasteiger partial charge in [-0.1, -0.05) is 12.1 Å². The summed E-state index contributed by atoms with van der Waals surface area (Å²) in [6.07, 6.45) is 1.59. The Balaban J connectivity index is 1.83. The fraction of sp³-hybridized carbons (Fsp3) is 0.158. The predicted molar refractivity (Wildman–Crippen MR) is 104 cm³/mol. The van der Waals surface area contributed by atoms with Crippen LogP contribution in [0.15, 0.2) is 47.4 Å². The van der Waals surface area contributed by atoms with Crippen LogP contribution in [0.25, 0.3) is 6.08 Å². The summed E-state index contributed by atoms with van der Waals surface area (Å²) < 4.78 is 10.5. The van der Waals surface area contributed by atoms with Gasteiger partial charge >= 0.3 is 0 Å². The van der Waals surface area contributed by atoms with Gasteiger partial charge in [0.2, 0.25) is 0 Å². The number of thioether (sulfide) groups is 1. The van der Waals surface area contributed by atoms with Gasteiger partial charge in [0.15, 0.2) is 0 Å². The van der Waals surface area contributed by atoms with E-state index in [4.69, 9.17) is 9.47 Å². The molecule has 1 aliphatic rings. The number of methoxy groups -OCH3 is 2. The molecule has 2 aromatic rings. The molecule has 1 fully saturated rings. The summed E-state index contributed by atoms with van der Waals surface area (Å²) >= 11 is 0.831. The molecule has 2 aromatic carbocycles. The smallest absolute Gasteiger partial charge is 0.293 e. The first kappa shape index (κ1) is 19.4. The summed E-state index contributed by atoms with van der Waals surface area (Å²) in [5.41, 5.74) is 1.18. The van der Waals surface area contributed by atoms with Gasteiger partial charge in [-0.15, -0.1) is 0 Å². The molecule has 0 unspecified atom stereocenters. The summed E-state index contributed by atoms with van der Waals surface area (Å²) in [5.74, 6) is 0.707. The van der Waals surface area contributed by atoms with E-state index in [1.54, 1.807) is 24.3 Å². The van der Waals surface area contributed by atoms with E-state index >= 15 is 0 Å². The third-order valence-corrected chi connectivity index (χ3v) is 4.99. The molecule has 1 aliphatic heterocycles. The largest absolute Gasteiger partial charge is 0.497 e. The molecular formula is C19H16N2O6S. The van der Waals surface area contributed by atoms with Crippen molar-refractivity contribution < 1.29 is 24.0 Å². The van der Waals surface area contributed by atoms with Gasteiger partial charge in [-0.25, -0.2) is 0 Å². The maximum atomic E-state index is 12.7. The number of benzene rings is 2. The normalized spacial score (nSPS) is 15.2. The van der Waals surface area contributed by atoms with Crippen molar-refractivity contribution in [1.29, 1.82) is 0 Å². The number of ether oxygens (including phenoxy) is 2. The molecule has 28 heavy (non-hydrogen) atoms. The number of nitrogens with zero attached hydrogens (tertiary/aromatic N) is 2. The lowest BCUT2D eigenvalue weighted by atomic mass is 10.1. The first-order valence-electron chi connectivity index (χ1n) is 8.13. The highest BCUT2D eigenvalue weighted by Gasteiger charge is 2.35. The predicted octanol–water partition coefficient (Wildman–Crippen LogP) is 3.85. The lowest BCUT2D eigenvalue weighted by molar-refractivity contribution is -0.384. The third kappa shape index (κ3) is 3.99. The highest BCUT2D eigenvalue weighted by Crippen LogP contribution is 2.35. The van der Waals surface area contributed by atoms with Gasteiger partial charge in [0, 0.05) is 17.7 Å². The quantitative estimate of drug-likeness (QED) is 0.412. The Bertz CT molecular complexity index is 971. The van der Waals surface area contributed by atoms with Crippen LogP contribution in [-0.4, -0.2) is 35.2 Å². The molecule has 0 atom stereocenters. The van der Waals surface area contributed by atoms with Gasteiger partial charge in [-0.05, 0) is 41.6 Å². The molecule has 3 rings (SSSR count). The second-order valence-corrected chi connectivity index (χ2v) is 6.79. The Morgan fingerprint density at radius 1 is 1.11 bits per heavy atom. The summed E-state index contributed by atoms with van der Waals surface area (Å²) in [5, 5.41) is 10.3. The lowest BCUT2D eigenvalue weighted by Gasteiger charge is -2.12. The van der Waals surface area contributed by atoms with E-state index in [1.165, 1.54) is 38.5 Å². The number of hydrogen-bond donors (Lipinski definition) is 0. The van der Waals surface area contributed by atoms with Gasteiger partial charge in [-0.2, -0.15) is 0 Å². The zero-order valence-electron chi connectivity index (χ0n) is 15.1. The Morgan fingerprint density at radius 3 is 2.43 bits per heavy atom. The fourth-order valence-electron chi connectivity index (χ4n) is 2.64. The van der Waals surface area contributed by atoms with Crippen LogP contribution in [0.2, 0.25) is 0 Å². The minimum absolute atomic E-state index is 0.0370. The van der Waals surface area contributed by atoms with Crippen LogP contribution in [-0.2, 0) is 11.3 Å². The third-order valence-electron chi connectivity index (χ3n) is 4.08. The maximum absolute atomic E-state index is 12.7. The van der Waals surface area contributed by atoms with E-state index in [2.05, 4.69) is 0 Å². The number of hydrogen-bond acceptors (Lipinski definition) is 7. The highest BCUT2D eigenvalue weighted by molar-refractivity contribution is 8.18. The van der Waals surface area contributed by atoms with Crippen LogP contribution in [0.1, 0.15) is 11.1 Å². The monoisotopic (exact) mass is 400 g/mol. The number of carbonyl (C=O) groups is 2. The average Bonchev–Trinajstić information content (AvgIpc) is 2.95. The van der Waals surface area contributed by atoms with Crippen LogP contribution < -0.4 is 9.47 Å². The van der Waals surface area contributed by atoms with E-state index in [0.717, 1.165) is 16.7 Å². The average molecular weight is 400 g/mol. The number of carbonyl (C=O) groups excluding carboxylic acids is 2. The first-order chi connectivity index (χ1) is 13.4. The molecule has 2 amide bonds. The SMILES string of the molecule is COc1ccc(OC)c(/C=C2/SC(=O)N(Cc3ccc([N+](=O)[O-])cc3)C2=O)c1. The molecule has 0 spiro atoms. The number of imide groups is 1. The molecule has 1 saturated heterocycles. The van der Waals surface area contributed by atoms with Crippen LogP contribution >= 0.6 is 11.8 Å². The van der Waals surface area contributed by atoms with Gasteiger partial charge in [0.25, 0.3) is 16.8 Å². The number of rotatable bonds is 6. The second-order valence-electron chi connectivity index (χ2n) is 5.80. The Morgan fingerprint density at radius 2 is 1.82 bits per heavy atom. The summed E-state index contributed by atoms with van der Waals surface area (Å²) in [4.78, 5) is 36.6. The van der Waals surface area contributed by atoms with Crippen molar-refractivity contribution in [2.75, 3.05) is 14.2 Å². The standard InChI is InChI=1S/C19H16N2O6S/c1-26-15-7-8-16(27-2)13(9-15)10-17-18(22)20(19(23)28-17)11-12-3-5-14(6-4-12)21(24)25/h3-10H,11H2,1-2H3/b17-10+. The Kier molecular flexibility index (Phi) is 5.65. The first-order valence-corrected chi connectivity index (χ1v) is 8.95. The minimum Gasteiger partial charge on any atom is -0.497 e. The van der Waals surface area contributed by atoms with Gasteiger partial charge in [0.05, 0.1) is 30.6 Å². The molecule has 144 valence electrons. The minimum atomic E-state index is -0.506. The Labute approximate surface area is 164 Å². The number of nitro benzene ring substituents is 1. The molecule has 9 heteroatoms. The molecule has 0 bridgehead atoms. The van der Waals surface area contributed by atoms with E-state index in [-0.39, 0.29) is 17.1 Å². The van der Waals surface area contributed by atoms with Crippen molar-refractivity contribution in [2.45, 2.75) is 6.54 Å². The van der Waals surface area contributed by atoms with Gasteiger partial charge < -0.3 is 9.47 Å². The Hall–Kier alpha value is -3.33. The fourth-order valence-corrected chi connectivity index (χ4v) is 3.46. The maximum Gasteiger partial charge on any atom is 0.293 e. The van der Waals surface area contributed by atoms with E-state index in [9.17, 15) is 19.7 Å². The molecule has 1 heterocycles. The van der Waals surface area contributed by atoms with Crippen LogP contribution in [0.3, 0.4) is 0 Å². The van der Waals surface area contributed by atoms with Crippen molar-refractivity contribution >= 4 is 34.7 Å². The topological polar surface area (TPSA) is 99.0 Å². The highest BCUT2D eigenvalue weighted by atomic mass is 32.2. The zero-order chi connectivity index (χ0) is 20.3. The van der Waals surface area contributed by atoms with E-state index < -0.39 is 16.1 Å². The molecule has 0 radical (unpaired) electrons. The zero-order valence-corrected chi connectivity index (χ0v) is 15.9. The van der Waals surface area contributed by atoms with Crippen LogP contribution in [0, 0.1) is 10.1 Å². The number of amides is 2. The number of nitro groups is 1. The molecule has 0 aliphatic carbocycles. The van der Waals surface area contributed by atoms with E-state index in [1.807, 2.05) is 0 Å². The van der Waals surface area contributed by atoms with E-state index in [0.29, 0.717) is 22.6 Å². The van der Waals surface area contributed by atoms with Crippen LogP contribution in [0.4, 0.5) is 10.5 Å². The molecule has 0 saturated carbocycles. The molecule has 0 aromatic heterocycles.